The van der Waals surface area contributed by atoms with Crippen molar-refractivity contribution in [1.82, 2.24) is 4.98 Å². The molecule has 1 rings (SSSR count). The van der Waals surface area contributed by atoms with Gasteiger partial charge in [0.15, 0.2) is 4.34 Å². The number of ether oxygens (including phenoxy) is 1. The first-order valence-corrected chi connectivity index (χ1v) is 6.79. The number of carbonyl (C=O) groups excluding carboxylic acids is 1. The molecule has 0 aliphatic heterocycles. The average molecular weight is 245 g/mol. The molecule has 0 saturated carbocycles. The van der Waals surface area contributed by atoms with E-state index < -0.39 is 0 Å². The predicted octanol–water partition coefficient (Wildman–Crippen LogP) is 2.89. The van der Waals surface area contributed by atoms with Crippen LogP contribution in [0.4, 0.5) is 0 Å². The van der Waals surface area contributed by atoms with Gasteiger partial charge < -0.3 is 4.74 Å². The van der Waals surface area contributed by atoms with Crippen molar-refractivity contribution in [3.05, 3.63) is 11.1 Å². The van der Waals surface area contributed by atoms with Gasteiger partial charge in [-0.2, -0.15) is 0 Å². The Balaban J connectivity index is 2.16. The van der Waals surface area contributed by atoms with E-state index in [2.05, 4.69) is 11.9 Å². The zero-order valence-electron chi connectivity index (χ0n) is 8.99. The summed E-state index contributed by atoms with van der Waals surface area (Å²) in [5.41, 5.74) is 1.00. The lowest BCUT2D eigenvalue weighted by atomic mass is 10.4. The van der Waals surface area contributed by atoms with Crippen molar-refractivity contribution >= 4 is 29.1 Å². The normalized spacial score (nSPS) is 10.3. The Bertz CT molecular complexity index is 312. The van der Waals surface area contributed by atoms with Crippen molar-refractivity contribution < 1.29 is 9.53 Å². The van der Waals surface area contributed by atoms with E-state index in [1.54, 1.807) is 11.3 Å². The highest BCUT2D eigenvalue weighted by molar-refractivity contribution is 8.01. The Labute approximate surface area is 98.2 Å². The molecule has 5 heteroatoms. The summed E-state index contributed by atoms with van der Waals surface area (Å²) in [5.74, 6) is 0.206. The molecule has 1 aromatic rings. The topological polar surface area (TPSA) is 39.2 Å². The number of aryl methyl sites for hydroxylation is 1. The number of thioether (sulfide) groups is 1. The molecular weight excluding hydrogens is 230 g/mol. The van der Waals surface area contributed by atoms with Crippen LogP contribution in [-0.4, -0.2) is 23.3 Å². The first-order chi connectivity index (χ1) is 7.22. The monoisotopic (exact) mass is 245 g/mol. The van der Waals surface area contributed by atoms with Crippen molar-refractivity contribution in [3.8, 4) is 0 Å². The maximum absolute atomic E-state index is 11.2. The van der Waals surface area contributed by atoms with Crippen LogP contribution >= 0.6 is 23.1 Å². The van der Waals surface area contributed by atoms with Gasteiger partial charge in [0.1, 0.15) is 0 Å². The molecule has 3 nitrogen and oxygen atoms in total. The van der Waals surface area contributed by atoms with Crippen molar-refractivity contribution in [1.29, 1.82) is 0 Å². The van der Waals surface area contributed by atoms with Gasteiger partial charge in [-0.3, -0.25) is 4.79 Å². The van der Waals surface area contributed by atoms with E-state index in [9.17, 15) is 4.79 Å². The summed E-state index contributed by atoms with van der Waals surface area (Å²) in [4.78, 5) is 15.5. The maximum Gasteiger partial charge on any atom is 0.316 e. The summed E-state index contributed by atoms with van der Waals surface area (Å²) in [7, 11) is 0. The first-order valence-electron chi connectivity index (χ1n) is 4.93. The van der Waals surface area contributed by atoms with Crippen LogP contribution in [0.15, 0.2) is 9.72 Å². The van der Waals surface area contributed by atoms with Crippen LogP contribution in [0.25, 0.3) is 0 Å². The first kappa shape index (κ1) is 12.5. The summed E-state index contributed by atoms with van der Waals surface area (Å²) in [6.45, 7) is 4.55. The minimum atomic E-state index is -0.152. The van der Waals surface area contributed by atoms with E-state index in [0.29, 0.717) is 12.4 Å². The van der Waals surface area contributed by atoms with Gasteiger partial charge in [0.2, 0.25) is 0 Å². The predicted molar refractivity (Wildman–Crippen MR) is 63.4 cm³/mol. The Morgan fingerprint density at radius 2 is 2.47 bits per heavy atom. The van der Waals surface area contributed by atoms with Gasteiger partial charge in [-0.15, -0.1) is 11.3 Å². The molecule has 0 spiro atoms. The second-order valence-electron chi connectivity index (χ2n) is 3.12. The number of hydrogen-bond donors (Lipinski definition) is 0. The van der Waals surface area contributed by atoms with Gasteiger partial charge in [-0.25, -0.2) is 4.98 Å². The van der Waals surface area contributed by atoms with Gasteiger partial charge >= 0.3 is 5.97 Å². The van der Waals surface area contributed by atoms with Crippen LogP contribution in [0.2, 0.25) is 0 Å². The number of nitrogens with zero attached hydrogens (tertiary/aromatic N) is 1. The fourth-order valence-corrected chi connectivity index (χ4v) is 2.54. The second-order valence-corrected chi connectivity index (χ2v) is 5.20. The average Bonchev–Trinajstić information content (AvgIpc) is 2.62. The van der Waals surface area contributed by atoms with Gasteiger partial charge in [0, 0.05) is 11.1 Å². The van der Waals surface area contributed by atoms with E-state index in [-0.39, 0.29) is 5.97 Å². The molecule has 1 aromatic heterocycles. The third kappa shape index (κ3) is 5.18. The zero-order chi connectivity index (χ0) is 11.1. The molecule has 0 radical (unpaired) electrons. The molecular formula is C10H15NO2S2. The van der Waals surface area contributed by atoms with Gasteiger partial charge in [-0.1, -0.05) is 25.1 Å². The largest absolute Gasteiger partial charge is 0.465 e. The van der Waals surface area contributed by atoms with Crippen LogP contribution in [0.1, 0.15) is 25.5 Å². The Morgan fingerprint density at radius 1 is 1.67 bits per heavy atom. The van der Waals surface area contributed by atoms with Crippen LogP contribution < -0.4 is 0 Å². The molecule has 84 valence electrons. The maximum atomic E-state index is 11.2. The third-order valence-electron chi connectivity index (χ3n) is 1.67. The standard InChI is InChI=1S/C10H15NO2S2/c1-3-4-5-13-9(12)7-15-10-11-8(2)6-14-10/h6H,3-5,7H2,1-2H3. The summed E-state index contributed by atoms with van der Waals surface area (Å²) < 4.78 is 5.96. The summed E-state index contributed by atoms with van der Waals surface area (Å²) in [6, 6.07) is 0. The number of esters is 1. The van der Waals surface area contributed by atoms with E-state index in [1.165, 1.54) is 11.8 Å². The van der Waals surface area contributed by atoms with E-state index in [0.717, 1.165) is 22.9 Å². The van der Waals surface area contributed by atoms with E-state index >= 15 is 0 Å². The molecule has 1 heterocycles. The lowest BCUT2D eigenvalue weighted by Gasteiger charge is -2.01. The number of unbranched alkanes of at least 4 members (excludes halogenated alkanes) is 1. The molecule has 0 unspecified atom stereocenters. The zero-order valence-corrected chi connectivity index (χ0v) is 10.6. The van der Waals surface area contributed by atoms with Crippen molar-refractivity contribution in [2.45, 2.75) is 31.0 Å². The fourth-order valence-electron chi connectivity index (χ4n) is 0.891. The summed E-state index contributed by atoms with van der Waals surface area (Å²) >= 11 is 3.00. The fraction of sp³-hybridized carbons (Fsp3) is 0.600. The number of aromatic nitrogens is 1. The van der Waals surface area contributed by atoms with Crippen LogP contribution in [-0.2, 0) is 9.53 Å². The Kier molecular flexibility index (Phi) is 5.71. The number of carbonyl (C=O) groups is 1. The SMILES string of the molecule is CCCCOC(=O)CSc1nc(C)cs1. The van der Waals surface area contributed by atoms with Gasteiger partial charge in [-0.05, 0) is 13.3 Å². The smallest absolute Gasteiger partial charge is 0.316 e. The number of rotatable bonds is 6. The van der Waals surface area contributed by atoms with E-state index in [4.69, 9.17) is 4.74 Å². The van der Waals surface area contributed by atoms with E-state index in [1.807, 2.05) is 12.3 Å². The molecule has 0 bridgehead atoms. The molecule has 0 aliphatic carbocycles. The molecule has 0 atom stereocenters. The second kappa shape index (κ2) is 6.85. The van der Waals surface area contributed by atoms with Crippen LogP contribution in [0.5, 0.6) is 0 Å². The molecule has 0 aliphatic rings. The summed E-state index contributed by atoms with van der Waals surface area (Å²) in [6.07, 6.45) is 1.98. The molecule has 0 saturated heterocycles. The lowest BCUT2D eigenvalue weighted by Crippen LogP contribution is -2.08. The molecule has 0 aromatic carbocycles. The van der Waals surface area contributed by atoms with Gasteiger partial charge in [0.05, 0.1) is 12.4 Å². The Morgan fingerprint density at radius 3 is 3.07 bits per heavy atom. The molecule has 0 fully saturated rings. The van der Waals surface area contributed by atoms with Crippen molar-refractivity contribution in [2.75, 3.05) is 12.4 Å². The molecule has 0 N–H and O–H groups in total. The van der Waals surface area contributed by atoms with Crippen molar-refractivity contribution in [2.24, 2.45) is 0 Å². The van der Waals surface area contributed by atoms with Crippen molar-refractivity contribution in [3.63, 3.8) is 0 Å². The van der Waals surface area contributed by atoms with Crippen LogP contribution in [0.3, 0.4) is 0 Å². The highest BCUT2D eigenvalue weighted by Gasteiger charge is 2.06. The lowest BCUT2D eigenvalue weighted by molar-refractivity contribution is -0.140. The van der Waals surface area contributed by atoms with Crippen LogP contribution in [0, 0.1) is 6.92 Å². The molecule has 15 heavy (non-hydrogen) atoms. The summed E-state index contributed by atoms with van der Waals surface area (Å²) in [5, 5.41) is 1.98. The third-order valence-corrected chi connectivity index (χ3v) is 3.78. The highest BCUT2D eigenvalue weighted by Crippen LogP contribution is 2.22. The molecule has 0 amide bonds. The van der Waals surface area contributed by atoms with Gasteiger partial charge in [0.25, 0.3) is 0 Å². The minimum Gasteiger partial charge on any atom is -0.465 e. The minimum absolute atomic E-state index is 0.152. The number of thiazole rings is 1. The number of hydrogen-bond acceptors (Lipinski definition) is 5. The highest BCUT2D eigenvalue weighted by atomic mass is 32.2. The Hall–Kier alpha value is -0.550. The quantitative estimate of drug-likeness (QED) is 0.439.